The van der Waals surface area contributed by atoms with Gasteiger partial charge in [0.25, 0.3) is 0 Å². The summed E-state index contributed by atoms with van der Waals surface area (Å²) in [5, 5.41) is 37.5. The van der Waals surface area contributed by atoms with Crippen LogP contribution < -0.4 is 11.1 Å². The quantitative estimate of drug-likeness (QED) is 0.190. The Kier molecular flexibility index (Phi) is 19.4. The van der Waals surface area contributed by atoms with Crippen molar-refractivity contribution in [3.63, 3.8) is 0 Å². The number of amides is 1. The molecule has 0 aromatic rings. The van der Waals surface area contributed by atoms with Gasteiger partial charge in [0.05, 0.1) is 30.4 Å². The minimum atomic E-state index is -1.53. The van der Waals surface area contributed by atoms with Crippen molar-refractivity contribution in [3.05, 3.63) is 107 Å². The summed E-state index contributed by atoms with van der Waals surface area (Å²) in [6.07, 6.45) is 23.8. The van der Waals surface area contributed by atoms with E-state index in [1.807, 2.05) is 102 Å². The first kappa shape index (κ1) is 49.1. The molecule has 0 unspecified atom stereocenters. The lowest BCUT2D eigenvalue weighted by atomic mass is 9.85. The van der Waals surface area contributed by atoms with Crippen LogP contribution in [0.5, 0.6) is 0 Å². The van der Waals surface area contributed by atoms with Crippen molar-refractivity contribution in [3.8, 4) is 0 Å². The Morgan fingerprint density at radius 3 is 2.34 bits per heavy atom. The number of ether oxygens (including phenoxy) is 4. The summed E-state index contributed by atoms with van der Waals surface area (Å²) in [5.74, 6) is 0.302. The van der Waals surface area contributed by atoms with Gasteiger partial charge in [-0.05, 0) is 81.3 Å². The summed E-state index contributed by atoms with van der Waals surface area (Å²) in [6, 6.07) is -1.28. The number of likely N-dealkylation sites (N-methyl/N-ethyl adjacent to an activating group) is 1. The molecular formula is C47H73N3O8. The van der Waals surface area contributed by atoms with E-state index < -0.39 is 48.1 Å². The maximum absolute atomic E-state index is 13.4. The summed E-state index contributed by atoms with van der Waals surface area (Å²) in [5.41, 5.74) is 7.66. The topological polar surface area (TPSA) is 156 Å². The van der Waals surface area contributed by atoms with E-state index in [1.54, 1.807) is 44.2 Å². The van der Waals surface area contributed by atoms with Crippen LogP contribution in [-0.4, -0.2) is 113 Å². The lowest BCUT2D eigenvalue weighted by Gasteiger charge is -2.48. The maximum Gasteiger partial charge on any atom is 0.247 e. The molecule has 3 aliphatic rings. The van der Waals surface area contributed by atoms with Crippen molar-refractivity contribution < 1.29 is 39.1 Å². The zero-order valence-electron chi connectivity index (χ0n) is 36.8. The number of hydrogen-bond acceptors (Lipinski definition) is 10. The molecule has 0 aromatic carbocycles. The third-order valence-electron chi connectivity index (χ3n) is 10.9. The highest BCUT2D eigenvalue weighted by atomic mass is 16.7. The Bertz CT molecular complexity index is 1620. The normalized spacial score (nSPS) is 42.1. The lowest BCUT2D eigenvalue weighted by Crippen LogP contribution is -2.63. The standard InChI is InChI=1S/C47H73N3O8/c1-12-31(2)27-37-28-34(5)20-14-13-17-26-46(8,53)39(23-16-15-19-32(3)21-18-22-33(4)24-25-35(6)49-44(37)52)58-45-41(48)42(51)38(30-55-45)57-40-29-47(9,54)43(50(10)11)36(7)56-40/h13-24,26,28,31,35-36,38-43,45,51,53-54H,12,25,27,29-30,48H2,1-11H3,(H,49,52)/b14-13-,19-15-,22-18-,23-16-,26-17-,32-21-,33-24-,34-20-,37-28-/t31-,35-,36+,38+,39-,40-,41+,42-,43+,45-,46+,47+/m0/s1. The summed E-state index contributed by atoms with van der Waals surface area (Å²) in [6.45, 7) is 17.5. The van der Waals surface area contributed by atoms with Crippen LogP contribution in [-0.2, 0) is 23.7 Å². The largest absolute Gasteiger partial charge is 0.388 e. The minimum Gasteiger partial charge on any atom is -0.388 e. The Morgan fingerprint density at radius 2 is 1.67 bits per heavy atom. The molecule has 0 aliphatic carbocycles. The van der Waals surface area contributed by atoms with Crippen LogP contribution >= 0.6 is 0 Å². The van der Waals surface area contributed by atoms with Gasteiger partial charge in [0.15, 0.2) is 12.6 Å². The second-order valence-electron chi connectivity index (χ2n) is 17.1. The average Bonchev–Trinajstić information content (AvgIpc) is 3.12. The zero-order valence-corrected chi connectivity index (χ0v) is 36.8. The van der Waals surface area contributed by atoms with Crippen molar-refractivity contribution in [1.82, 2.24) is 10.2 Å². The van der Waals surface area contributed by atoms with E-state index in [9.17, 15) is 20.1 Å². The van der Waals surface area contributed by atoms with E-state index in [1.165, 1.54) is 0 Å². The van der Waals surface area contributed by atoms with Gasteiger partial charge in [0, 0.05) is 18.0 Å². The predicted molar refractivity (Wildman–Crippen MR) is 232 cm³/mol. The van der Waals surface area contributed by atoms with Gasteiger partial charge in [-0.3, -0.25) is 4.79 Å². The summed E-state index contributed by atoms with van der Waals surface area (Å²) in [4.78, 5) is 15.3. The number of aliphatic hydroxyl groups excluding tert-OH is 1. The summed E-state index contributed by atoms with van der Waals surface area (Å²) < 4.78 is 24.6. The fraction of sp³-hybridized carbons (Fsp3) is 0.596. The van der Waals surface area contributed by atoms with Crippen LogP contribution in [0.4, 0.5) is 0 Å². The number of rotatable bonds is 8. The molecule has 12 atom stereocenters. The smallest absolute Gasteiger partial charge is 0.247 e. The van der Waals surface area contributed by atoms with E-state index in [4.69, 9.17) is 24.7 Å². The van der Waals surface area contributed by atoms with Gasteiger partial charge in [-0.1, -0.05) is 122 Å². The highest BCUT2D eigenvalue weighted by Crippen LogP contribution is 2.34. The maximum atomic E-state index is 13.4. The Morgan fingerprint density at radius 1 is 0.983 bits per heavy atom. The molecule has 11 heteroatoms. The Labute approximate surface area is 348 Å². The molecule has 3 aliphatic heterocycles. The van der Waals surface area contributed by atoms with Gasteiger partial charge >= 0.3 is 0 Å². The predicted octanol–water partition coefficient (Wildman–Crippen LogP) is 6.26. The van der Waals surface area contributed by atoms with E-state index in [2.05, 4.69) is 25.2 Å². The van der Waals surface area contributed by atoms with Gasteiger partial charge in [-0.25, -0.2) is 0 Å². The van der Waals surface area contributed by atoms with Gasteiger partial charge in [-0.2, -0.15) is 0 Å². The van der Waals surface area contributed by atoms with Crippen molar-refractivity contribution in [1.29, 1.82) is 0 Å². The molecule has 58 heavy (non-hydrogen) atoms. The molecule has 3 heterocycles. The molecule has 0 aromatic heterocycles. The molecule has 2 fully saturated rings. The number of nitrogens with zero attached hydrogens (tertiary/aromatic N) is 1. The molecule has 0 bridgehead atoms. The first-order chi connectivity index (χ1) is 27.2. The van der Waals surface area contributed by atoms with Crippen molar-refractivity contribution >= 4 is 5.91 Å². The van der Waals surface area contributed by atoms with E-state index in [-0.39, 0.29) is 37.1 Å². The second-order valence-corrected chi connectivity index (χ2v) is 17.1. The number of carbonyl (C=O) groups excluding carboxylic acids is 1. The highest BCUT2D eigenvalue weighted by Gasteiger charge is 2.48. The zero-order chi connectivity index (χ0) is 43.2. The van der Waals surface area contributed by atoms with Gasteiger partial charge in [-0.15, -0.1) is 0 Å². The molecule has 0 spiro atoms. The van der Waals surface area contributed by atoms with Gasteiger partial charge < -0.3 is 50.2 Å². The van der Waals surface area contributed by atoms with Crippen molar-refractivity contribution in [2.75, 3.05) is 20.7 Å². The molecule has 6 N–H and O–H groups in total. The molecule has 0 saturated carbocycles. The van der Waals surface area contributed by atoms with Crippen LogP contribution in [0.25, 0.3) is 0 Å². The van der Waals surface area contributed by atoms with Crippen LogP contribution in [0.2, 0.25) is 0 Å². The molecule has 1 amide bonds. The third-order valence-corrected chi connectivity index (χ3v) is 10.9. The van der Waals surface area contributed by atoms with Crippen LogP contribution in [0.3, 0.4) is 0 Å². The first-order valence-corrected chi connectivity index (χ1v) is 20.8. The van der Waals surface area contributed by atoms with E-state index >= 15 is 0 Å². The SMILES string of the molecule is CC[C@H](C)C/C1=C/C(C)=C\C=C/C=C\[C@@](C)(O)[C@@H](O[C@@H]2OC[C@@H](O[C@H]3C[C@@](C)(O)[C@H](N(C)C)[C@@H](C)O3)[C@H](O)[C@H]2N)\C=C/C=C\C(C)=C/C=C\C(C)=C/C[C@H](C)NC1=O. The van der Waals surface area contributed by atoms with Crippen molar-refractivity contribution in [2.24, 2.45) is 11.7 Å². The molecule has 2 saturated heterocycles. The number of nitrogens with one attached hydrogen (secondary N) is 1. The molecule has 324 valence electrons. The summed E-state index contributed by atoms with van der Waals surface area (Å²) >= 11 is 0. The number of nitrogens with two attached hydrogens (primary N) is 1. The highest BCUT2D eigenvalue weighted by molar-refractivity contribution is 5.94. The lowest BCUT2D eigenvalue weighted by molar-refractivity contribution is -0.310. The second kappa shape index (κ2) is 23.0. The van der Waals surface area contributed by atoms with Crippen LogP contribution in [0, 0.1) is 5.92 Å². The third kappa shape index (κ3) is 15.4. The van der Waals surface area contributed by atoms with E-state index in [0.29, 0.717) is 18.8 Å². The number of carbonyl (C=O) groups is 1. The number of allylic oxidation sites excluding steroid dienone is 14. The van der Waals surface area contributed by atoms with Gasteiger partial charge in [0.2, 0.25) is 5.91 Å². The molecular weight excluding hydrogens is 735 g/mol. The molecule has 11 nitrogen and oxygen atoms in total. The molecule has 0 radical (unpaired) electrons. The van der Waals surface area contributed by atoms with Crippen molar-refractivity contribution in [2.45, 2.75) is 154 Å². The Balaban J connectivity index is 1.86. The number of hydrogen-bond donors (Lipinski definition) is 5. The number of aliphatic hydroxyl groups is 3. The Hall–Kier alpha value is -3.23. The average molecular weight is 808 g/mol. The van der Waals surface area contributed by atoms with E-state index in [0.717, 1.165) is 28.7 Å². The van der Waals surface area contributed by atoms with Gasteiger partial charge in [0.1, 0.15) is 23.9 Å². The fourth-order valence-corrected chi connectivity index (χ4v) is 7.42. The monoisotopic (exact) mass is 808 g/mol. The molecule has 3 rings (SSSR count). The van der Waals surface area contributed by atoms with Crippen LogP contribution in [0.1, 0.15) is 88.0 Å². The minimum absolute atomic E-state index is 0.0261. The first-order valence-electron chi connectivity index (χ1n) is 20.8. The fourth-order valence-electron chi connectivity index (χ4n) is 7.42. The summed E-state index contributed by atoms with van der Waals surface area (Å²) in [7, 11) is 3.79. The van der Waals surface area contributed by atoms with Crippen LogP contribution in [0.15, 0.2) is 107 Å².